The Morgan fingerprint density at radius 1 is 1.14 bits per heavy atom. The lowest BCUT2D eigenvalue weighted by Crippen LogP contribution is -2.15. The van der Waals surface area contributed by atoms with Gasteiger partial charge in [0.1, 0.15) is 13.2 Å². The smallest absolute Gasteiger partial charge is 0.162 e. The lowest BCUT2D eigenvalue weighted by atomic mass is 10.2. The van der Waals surface area contributed by atoms with Gasteiger partial charge in [-0.2, -0.15) is 0 Å². The molecule has 0 radical (unpaired) electrons. The second kappa shape index (κ2) is 6.20. The standard InChI is InChI=1S/C16H16BrNO2S/c1-10-2-3-16(13(18)6-10)21-9-11-7-14-15(8-12(11)17)20-5-4-19-14/h2-3,6-8H,4-5,9,18H2,1H3. The summed E-state index contributed by atoms with van der Waals surface area (Å²) in [4.78, 5) is 1.10. The molecule has 0 atom stereocenters. The van der Waals surface area contributed by atoms with Crippen molar-refractivity contribution in [1.29, 1.82) is 0 Å². The minimum absolute atomic E-state index is 0.603. The third-order valence-corrected chi connectivity index (χ3v) is 5.14. The van der Waals surface area contributed by atoms with Gasteiger partial charge in [-0.3, -0.25) is 0 Å². The Labute approximate surface area is 137 Å². The first-order valence-corrected chi connectivity index (χ1v) is 8.48. The van der Waals surface area contributed by atoms with Gasteiger partial charge < -0.3 is 15.2 Å². The van der Waals surface area contributed by atoms with E-state index in [1.807, 2.05) is 25.1 Å². The van der Waals surface area contributed by atoms with Gasteiger partial charge in [-0.15, -0.1) is 11.8 Å². The Hall–Kier alpha value is -1.33. The third-order valence-electron chi connectivity index (χ3n) is 3.26. The monoisotopic (exact) mass is 365 g/mol. The molecule has 0 bridgehead atoms. The SMILES string of the molecule is Cc1ccc(SCc2cc3c(cc2Br)OCCO3)c(N)c1. The molecular formula is C16H16BrNO2S. The van der Waals surface area contributed by atoms with E-state index in [0.717, 1.165) is 32.3 Å². The first-order chi connectivity index (χ1) is 10.1. The zero-order valence-corrected chi connectivity index (χ0v) is 14.1. The molecule has 3 rings (SSSR count). The topological polar surface area (TPSA) is 44.5 Å². The highest BCUT2D eigenvalue weighted by Crippen LogP contribution is 2.38. The summed E-state index contributed by atoms with van der Waals surface area (Å²) >= 11 is 5.32. The molecule has 1 heterocycles. The van der Waals surface area contributed by atoms with Gasteiger partial charge in [0.05, 0.1) is 0 Å². The van der Waals surface area contributed by atoms with E-state index in [2.05, 4.69) is 28.1 Å². The highest BCUT2D eigenvalue weighted by Gasteiger charge is 2.15. The van der Waals surface area contributed by atoms with Gasteiger partial charge >= 0.3 is 0 Å². The summed E-state index contributed by atoms with van der Waals surface area (Å²) < 4.78 is 12.2. The van der Waals surface area contributed by atoms with Crippen LogP contribution in [0.4, 0.5) is 5.69 Å². The summed E-state index contributed by atoms with van der Waals surface area (Å²) in [5, 5.41) is 0. The van der Waals surface area contributed by atoms with E-state index < -0.39 is 0 Å². The predicted octanol–water partition coefficient (Wildman–Crippen LogP) is 4.40. The fourth-order valence-corrected chi connectivity index (χ4v) is 3.76. The molecule has 110 valence electrons. The molecule has 0 saturated carbocycles. The van der Waals surface area contributed by atoms with Crippen LogP contribution in [-0.4, -0.2) is 13.2 Å². The number of halogens is 1. The van der Waals surface area contributed by atoms with Crippen molar-refractivity contribution in [3.63, 3.8) is 0 Å². The van der Waals surface area contributed by atoms with Crippen LogP contribution >= 0.6 is 27.7 Å². The molecule has 0 saturated heterocycles. The number of hydrogen-bond donors (Lipinski definition) is 1. The molecule has 3 nitrogen and oxygen atoms in total. The van der Waals surface area contributed by atoms with Crippen LogP contribution < -0.4 is 15.2 Å². The number of rotatable bonds is 3. The Morgan fingerprint density at radius 3 is 2.57 bits per heavy atom. The van der Waals surface area contributed by atoms with Crippen molar-refractivity contribution < 1.29 is 9.47 Å². The van der Waals surface area contributed by atoms with Gasteiger partial charge in [0.2, 0.25) is 0 Å². The largest absolute Gasteiger partial charge is 0.486 e. The molecule has 0 fully saturated rings. The van der Waals surface area contributed by atoms with Gasteiger partial charge in [0.15, 0.2) is 11.5 Å². The quantitative estimate of drug-likeness (QED) is 0.646. The third kappa shape index (κ3) is 3.30. The van der Waals surface area contributed by atoms with Crippen molar-refractivity contribution in [2.45, 2.75) is 17.6 Å². The van der Waals surface area contributed by atoms with Crippen LogP contribution in [0.25, 0.3) is 0 Å². The second-order valence-corrected chi connectivity index (χ2v) is 6.79. The Bertz CT molecular complexity index is 676. The summed E-state index contributed by atoms with van der Waals surface area (Å²) in [5.41, 5.74) is 9.23. The predicted molar refractivity (Wildman–Crippen MR) is 90.3 cm³/mol. The summed E-state index contributed by atoms with van der Waals surface area (Å²) in [7, 11) is 0. The fourth-order valence-electron chi connectivity index (χ4n) is 2.17. The van der Waals surface area contributed by atoms with Crippen LogP contribution in [-0.2, 0) is 5.75 Å². The van der Waals surface area contributed by atoms with Gasteiger partial charge in [-0.1, -0.05) is 22.0 Å². The first kappa shape index (κ1) is 14.6. The molecule has 2 N–H and O–H groups in total. The molecular weight excluding hydrogens is 350 g/mol. The van der Waals surface area contributed by atoms with Gasteiger partial charge in [0, 0.05) is 20.8 Å². The minimum atomic E-state index is 0.603. The maximum absolute atomic E-state index is 6.06. The molecule has 21 heavy (non-hydrogen) atoms. The van der Waals surface area contributed by atoms with Gasteiger partial charge in [0.25, 0.3) is 0 Å². The van der Waals surface area contributed by atoms with Gasteiger partial charge in [-0.25, -0.2) is 0 Å². The van der Waals surface area contributed by atoms with Crippen molar-refractivity contribution >= 4 is 33.4 Å². The molecule has 0 aromatic heterocycles. The van der Waals surface area contributed by atoms with E-state index >= 15 is 0 Å². The van der Waals surface area contributed by atoms with Crippen LogP contribution in [0, 0.1) is 6.92 Å². The lowest BCUT2D eigenvalue weighted by molar-refractivity contribution is 0.171. The van der Waals surface area contributed by atoms with E-state index in [9.17, 15) is 0 Å². The van der Waals surface area contributed by atoms with E-state index in [-0.39, 0.29) is 0 Å². The summed E-state index contributed by atoms with van der Waals surface area (Å²) in [6.45, 7) is 3.25. The maximum atomic E-state index is 6.06. The average molecular weight is 366 g/mol. The molecule has 5 heteroatoms. The highest BCUT2D eigenvalue weighted by atomic mass is 79.9. The number of fused-ring (bicyclic) bond motifs is 1. The van der Waals surface area contributed by atoms with Crippen molar-refractivity contribution in [3.05, 3.63) is 45.9 Å². The summed E-state index contributed by atoms with van der Waals surface area (Å²) in [6.07, 6.45) is 0. The molecule has 0 amide bonds. The molecule has 0 unspecified atom stereocenters. The zero-order valence-electron chi connectivity index (χ0n) is 11.7. The second-order valence-electron chi connectivity index (χ2n) is 4.92. The molecule has 2 aromatic rings. The fraction of sp³-hybridized carbons (Fsp3) is 0.250. The number of aryl methyl sites for hydroxylation is 1. The lowest BCUT2D eigenvalue weighted by Gasteiger charge is -2.20. The molecule has 1 aliphatic rings. The number of nitrogen functional groups attached to an aromatic ring is 1. The highest BCUT2D eigenvalue weighted by molar-refractivity contribution is 9.10. The Balaban J connectivity index is 1.78. The van der Waals surface area contributed by atoms with Crippen molar-refractivity contribution in [2.75, 3.05) is 18.9 Å². The van der Waals surface area contributed by atoms with E-state index in [1.165, 1.54) is 11.1 Å². The van der Waals surface area contributed by atoms with Crippen LogP contribution in [0.5, 0.6) is 11.5 Å². The summed E-state index contributed by atoms with van der Waals surface area (Å²) in [5.74, 6) is 2.44. The molecule has 0 aliphatic carbocycles. The normalized spacial score (nSPS) is 13.2. The minimum Gasteiger partial charge on any atom is -0.486 e. The van der Waals surface area contributed by atoms with Crippen molar-refractivity contribution in [1.82, 2.24) is 0 Å². The maximum Gasteiger partial charge on any atom is 0.162 e. The van der Waals surface area contributed by atoms with Crippen LogP contribution in [0.3, 0.4) is 0 Å². The molecule has 1 aliphatic heterocycles. The van der Waals surface area contributed by atoms with E-state index in [4.69, 9.17) is 15.2 Å². The molecule has 0 spiro atoms. The van der Waals surface area contributed by atoms with Gasteiger partial charge in [-0.05, 0) is 42.3 Å². The summed E-state index contributed by atoms with van der Waals surface area (Å²) in [6, 6.07) is 10.2. The zero-order chi connectivity index (χ0) is 14.8. The van der Waals surface area contributed by atoms with E-state index in [0.29, 0.717) is 13.2 Å². The van der Waals surface area contributed by atoms with Crippen LogP contribution in [0.15, 0.2) is 39.7 Å². The first-order valence-electron chi connectivity index (χ1n) is 6.70. The van der Waals surface area contributed by atoms with Crippen LogP contribution in [0.1, 0.15) is 11.1 Å². The van der Waals surface area contributed by atoms with Crippen molar-refractivity contribution in [3.8, 4) is 11.5 Å². The number of hydrogen-bond acceptors (Lipinski definition) is 4. The molecule has 2 aromatic carbocycles. The number of benzene rings is 2. The average Bonchev–Trinajstić information content (AvgIpc) is 2.46. The van der Waals surface area contributed by atoms with E-state index in [1.54, 1.807) is 11.8 Å². The Kier molecular flexibility index (Phi) is 4.31. The van der Waals surface area contributed by atoms with Crippen molar-refractivity contribution in [2.24, 2.45) is 0 Å². The number of anilines is 1. The van der Waals surface area contributed by atoms with Crippen LogP contribution in [0.2, 0.25) is 0 Å². The number of ether oxygens (including phenoxy) is 2. The number of nitrogens with two attached hydrogens (primary N) is 1. The number of thioether (sulfide) groups is 1. The Morgan fingerprint density at radius 2 is 1.86 bits per heavy atom.